The first-order chi connectivity index (χ1) is 10.3. The fourth-order valence-electron chi connectivity index (χ4n) is 2.05. The minimum Gasteiger partial charge on any atom is -0.369 e. The van der Waals surface area contributed by atoms with Gasteiger partial charge in [-0.1, -0.05) is 6.92 Å². The van der Waals surface area contributed by atoms with Crippen LogP contribution in [0.15, 0.2) is 24.1 Å². The molecule has 0 aliphatic rings. The Balaban J connectivity index is 1.85. The molecule has 2 N–H and O–H groups in total. The van der Waals surface area contributed by atoms with Crippen molar-refractivity contribution in [2.24, 2.45) is 0 Å². The number of rotatable bonds is 6. The lowest BCUT2D eigenvalue weighted by Gasteiger charge is -2.10. The zero-order valence-corrected chi connectivity index (χ0v) is 12.9. The largest absolute Gasteiger partial charge is 0.369 e. The third kappa shape index (κ3) is 2.97. The number of hydrogen-bond acceptors (Lipinski definition) is 6. The van der Waals surface area contributed by atoms with Crippen LogP contribution in [0.3, 0.4) is 0 Å². The van der Waals surface area contributed by atoms with E-state index in [2.05, 4.69) is 32.5 Å². The normalized spacial score (nSPS) is 11.0. The van der Waals surface area contributed by atoms with E-state index < -0.39 is 0 Å². The van der Waals surface area contributed by atoms with Crippen molar-refractivity contribution in [2.45, 2.75) is 26.8 Å². The Kier molecular flexibility index (Phi) is 4.01. The molecule has 0 saturated carbocycles. The fourth-order valence-corrected chi connectivity index (χ4v) is 2.77. The van der Waals surface area contributed by atoms with E-state index in [4.69, 9.17) is 0 Å². The summed E-state index contributed by atoms with van der Waals surface area (Å²) in [7, 11) is 0. The van der Waals surface area contributed by atoms with E-state index in [-0.39, 0.29) is 0 Å². The maximum Gasteiger partial charge on any atom is 0.180 e. The summed E-state index contributed by atoms with van der Waals surface area (Å²) < 4.78 is 1.98. The van der Waals surface area contributed by atoms with Crippen LogP contribution in [-0.2, 0) is 6.54 Å². The molecule has 7 heteroatoms. The van der Waals surface area contributed by atoms with E-state index in [1.165, 1.54) is 4.88 Å². The van der Waals surface area contributed by atoms with E-state index in [0.29, 0.717) is 6.54 Å². The lowest BCUT2D eigenvalue weighted by Crippen LogP contribution is -2.08. The van der Waals surface area contributed by atoms with E-state index in [0.717, 1.165) is 35.9 Å². The second kappa shape index (κ2) is 6.09. The van der Waals surface area contributed by atoms with Crippen molar-refractivity contribution >= 4 is 28.6 Å². The van der Waals surface area contributed by atoms with Gasteiger partial charge in [0.2, 0.25) is 0 Å². The van der Waals surface area contributed by atoms with Crippen LogP contribution < -0.4 is 10.6 Å². The topological polar surface area (TPSA) is 67.1 Å². The van der Waals surface area contributed by atoms with E-state index in [1.54, 1.807) is 17.5 Å². The summed E-state index contributed by atoms with van der Waals surface area (Å²) in [6.45, 7) is 5.77. The van der Waals surface area contributed by atoms with Crippen LogP contribution >= 0.6 is 11.3 Å². The van der Waals surface area contributed by atoms with Crippen LogP contribution in [0, 0.1) is 6.92 Å². The molecule has 0 fully saturated rings. The Morgan fingerprint density at radius 3 is 2.95 bits per heavy atom. The maximum atomic E-state index is 4.62. The summed E-state index contributed by atoms with van der Waals surface area (Å²) in [5.74, 6) is 1.64. The Labute approximate surface area is 127 Å². The predicted octanol–water partition coefficient (Wildman–Crippen LogP) is 2.93. The molecular weight excluding hydrogens is 284 g/mol. The predicted molar refractivity (Wildman–Crippen MR) is 85.9 cm³/mol. The number of thiazole rings is 1. The van der Waals surface area contributed by atoms with Crippen molar-refractivity contribution in [3.63, 3.8) is 0 Å². The van der Waals surface area contributed by atoms with Gasteiger partial charge < -0.3 is 15.0 Å². The number of anilines is 2. The number of fused-ring (bicyclic) bond motifs is 1. The van der Waals surface area contributed by atoms with Crippen LogP contribution in [0.4, 0.5) is 11.6 Å². The van der Waals surface area contributed by atoms with Gasteiger partial charge in [-0.15, -0.1) is 11.3 Å². The molecule has 110 valence electrons. The molecule has 0 saturated heterocycles. The lowest BCUT2D eigenvalue weighted by molar-refractivity contribution is 0.959. The molecule has 0 atom stereocenters. The molecular formula is C14H18N6S. The van der Waals surface area contributed by atoms with E-state index >= 15 is 0 Å². The van der Waals surface area contributed by atoms with Crippen molar-refractivity contribution in [3.8, 4) is 0 Å². The average Bonchev–Trinajstić information content (AvgIpc) is 3.11. The molecule has 0 amide bonds. The molecule has 0 bridgehead atoms. The van der Waals surface area contributed by atoms with Gasteiger partial charge in [0.05, 0.1) is 23.9 Å². The quantitative estimate of drug-likeness (QED) is 0.733. The summed E-state index contributed by atoms with van der Waals surface area (Å²) in [4.78, 5) is 14.5. The van der Waals surface area contributed by atoms with Crippen LogP contribution in [0.25, 0.3) is 5.65 Å². The van der Waals surface area contributed by atoms with Gasteiger partial charge in [0.25, 0.3) is 0 Å². The van der Waals surface area contributed by atoms with E-state index in [9.17, 15) is 0 Å². The second-order valence-corrected chi connectivity index (χ2v) is 5.71. The molecule has 0 aliphatic carbocycles. The highest BCUT2D eigenvalue weighted by atomic mass is 32.1. The molecule has 0 aliphatic heterocycles. The third-order valence-corrected chi connectivity index (χ3v) is 4.13. The molecule has 3 rings (SSSR count). The molecule has 0 unspecified atom stereocenters. The SMILES string of the molecule is CCCNc1cn2ccnc2c(NCc2scnc2C)n1. The van der Waals surface area contributed by atoms with Gasteiger partial charge in [0, 0.05) is 23.8 Å². The Hall–Kier alpha value is -2.15. The lowest BCUT2D eigenvalue weighted by atomic mass is 10.4. The fraction of sp³-hybridized carbons (Fsp3) is 0.357. The van der Waals surface area contributed by atoms with Crippen molar-refractivity contribution in [3.05, 3.63) is 34.7 Å². The molecule has 3 aromatic rings. The van der Waals surface area contributed by atoms with Gasteiger partial charge in [0.15, 0.2) is 11.5 Å². The Morgan fingerprint density at radius 1 is 1.29 bits per heavy atom. The zero-order chi connectivity index (χ0) is 14.7. The van der Waals surface area contributed by atoms with E-state index in [1.807, 2.05) is 29.2 Å². The molecule has 6 nitrogen and oxygen atoms in total. The second-order valence-electron chi connectivity index (χ2n) is 4.77. The Morgan fingerprint density at radius 2 is 2.19 bits per heavy atom. The highest BCUT2D eigenvalue weighted by Gasteiger charge is 2.08. The summed E-state index contributed by atoms with van der Waals surface area (Å²) in [6, 6.07) is 0. The number of aryl methyl sites for hydroxylation is 1. The standard InChI is InChI=1S/C14H18N6S/c1-3-4-15-12-8-20-6-5-16-14(20)13(19-12)17-7-11-10(2)18-9-21-11/h5-6,8-9,15H,3-4,7H2,1-2H3,(H,17,19). The highest BCUT2D eigenvalue weighted by molar-refractivity contribution is 7.09. The van der Waals surface area contributed by atoms with Crippen LogP contribution in [0.5, 0.6) is 0 Å². The first-order valence-corrected chi connectivity index (χ1v) is 7.86. The number of nitrogens with zero attached hydrogens (tertiary/aromatic N) is 4. The minimum atomic E-state index is 0.712. The average molecular weight is 302 g/mol. The van der Waals surface area contributed by atoms with Crippen molar-refractivity contribution < 1.29 is 0 Å². The molecule has 3 heterocycles. The van der Waals surface area contributed by atoms with Gasteiger partial charge in [0.1, 0.15) is 5.82 Å². The van der Waals surface area contributed by atoms with Gasteiger partial charge in [-0.3, -0.25) is 0 Å². The number of hydrogen-bond donors (Lipinski definition) is 2. The van der Waals surface area contributed by atoms with Gasteiger partial charge >= 0.3 is 0 Å². The number of nitrogens with one attached hydrogen (secondary N) is 2. The highest BCUT2D eigenvalue weighted by Crippen LogP contribution is 2.19. The summed E-state index contributed by atoms with van der Waals surface area (Å²) in [5.41, 5.74) is 3.76. The number of aromatic nitrogens is 4. The molecule has 0 aromatic carbocycles. The smallest absolute Gasteiger partial charge is 0.180 e. The van der Waals surface area contributed by atoms with Crippen molar-refractivity contribution in [2.75, 3.05) is 17.2 Å². The third-order valence-electron chi connectivity index (χ3n) is 3.19. The van der Waals surface area contributed by atoms with Crippen molar-refractivity contribution in [1.29, 1.82) is 0 Å². The van der Waals surface area contributed by atoms with Crippen LogP contribution in [-0.4, -0.2) is 25.9 Å². The van der Waals surface area contributed by atoms with Gasteiger partial charge in [-0.05, 0) is 13.3 Å². The van der Waals surface area contributed by atoms with Gasteiger partial charge in [-0.25, -0.2) is 15.0 Å². The first-order valence-electron chi connectivity index (χ1n) is 6.98. The summed E-state index contributed by atoms with van der Waals surface area (Å²) in [6.07, 6.45) is 6.73. The van der Waals surface area contributed by atoms with Gasteiger partial charge in [-0.2, -0.15) is 0 Å². The monoisotopic (exact) mass is 302 g/mol. The molecule has 0 spiro atoms. The van der Waals surface area contributed by atoms with Crippen LogP contribution in [0.2, 0.25) is 0 Å². The zero-order valence-electron chi connectivity index (χ0n) is 12.1. The summed E-state index contributed by atoms with van der Waals surface area (Å²) in [5, 5.41) is 6.68. The molecule has 21 heavy (non-hydrogen) atoms. The van der Waals surface area contributed by atoms with Crippen LogP contribution in [0.1, 0.15) is 23.9 Å². The van der Waals surface area contributed by atoms with Crippen molar-refractivity contribution in [1.82, 2.24) is 19.4 Å². The summed E-state index contributed by atoms with van der Waals surface area (Å²) >= 11 is 1.65. The Bertz CT molecular complexity index is 732. The minimum absolute atomic E-state index is 0.712. The first kappa shape index (κ1) is 13.8. The molecule has 3 aromatic heterocycles. The molecule has 0 radical (unpaired) electrons. The number of imidazole rings is 1. The maximum absolute atomic E-state index is 4.62.